The van der Waals surface area contributed by atoms with Gasteiger partial charge >= 0.3 is 0 Å². The van der Waals surface area contributed by atoms with Crippen molar-refractivity contribution < 1.29 is 9.18 Å². The van der Waals surface area contributed by atoms with Gasteiger partial charge in [0.05, 0.1) is 5.69 Å². The summed E-state index contributed by atoms with van der Waals surface area (Å²) in [5, 5.41) is 0.350. The number of aromatic nitrogens is 1. The molecule has 0 aliphatic heterocycles. The Kier molecular flexibility index (Phi) is 3.29. The minimum Gasteiger partial charge on any atom is -0.375 e. The quantitative estimate of drug-likeness (QED) is 0.907. The maximum atomic E-state index is 13.1. The van der Waals surface area contributed by atoms with Crippen molar-refractivity contribution in [3.05, 3.63) is 40.7 Å². The number of carbonyl (C=O) groups excluding carboxylic acids is 1. The van der Waals surface area contributed by atoms with Crippen molar-refractivity contribution in [3.8, 4) is 0 Å². The molecule has 2 N–H and O–H groups in total. The predicted octanol–water partition coefficient (Wildman–Crippen LogP) is 2.45. The third-order valence-corrected chi connectivity index (χ3v) is 3.48. The molecule has 0 saturated heterocycles. The van der Waals surface area contributed by atoms with E-state index in [1.165, 1.54) is 17.0 Å². The number of amides is 1. The molecular formula is C12H12FN3OS. The molecule has 1 amide bonds. The molecule has 94 valence electrons. The summed E-state index contributed by atoms with van der Waals surface area (Å²) >= 11 is 1.13. The maximum absolute atomic E-state index is 13.1. The molecule has 18 heavy (non-hydrogen) atoms. The minimum atomic E-state index is -0.382. The molecule has 1 aromatic carbocycles. The van der Waals surface area contributed by atoms with Crippen molar-refractivity contribution in [1.82, 2.24) is 4.98 Å². The highest BCUT2D eigenvalue weighted by Crippen LogP contribution is 2.24. The van der Waals surface area contributed by atoms with Crippen LogP contribution < -0.4 is 10.6 Å². The number of benzene rings is 1. The van der Waals surface area contributed by atoms with E-state index in [0.29, 0.717) is 21.4 Å². The van der Waals surface area contributed by atoms with Crippen molar-refractivity contribution in [2.24, 2.45) is 0 Å². The third kappa shape index (κ3) is 2.33. The van der Waals surface area contributed by atoms with Crippen LogP contribution >= 0.6 is 11.3 Å². The summed E-state index contributed by atoms with van der Waals surface area (Å²) in [5.41, 5.74) is 6.64. The van der Waals surface area contributed by atoms with Crippen LogP contribution in [0.4, 0.5) is 15.2 Å². The average Bonchev–Trinajstić information content (AvgIpc) is 2.66. The van der Waals surface area contributed by atoms with Gasteiger partial charge in [0.15, 0.2) is 5.13 Å². The third-order valence-electron chi connectivity index (χ3n) is 2.51. The first-order chi connectivity index (χ1) is 8.49. The Labute approximate surface area is 108 Å². The standard InChI is InChI=1S/C12H12FN3OS/c1-7-10(18-12(14)15-7)11(17)16(2)9-5-3-4-8(13)6-9/h3-6H,1-2H3,(H2,14,15). The normalized spacial score (nSPS) is 10.4. The van der Waals surface area contributed by atoms with Gasteiger partial charge in [0.2, 0.25) is 0 Å². The molecule has 0 aliphatic rings. The van der Waals surface area contributed by atoms with E-state index < -0.39 is 0 Å². The molecule has 6 heteroatoms. The van der Waals surface area contributed by atoms with Crippen LogP contribution in [0.15, 0.2) is 24.3 Å². The lowest BCUT2D eigenvalue weighted by Crippen LogP contribution is -2.26. The van der Waals surface area contributed by atoms with Gasteiger partial charge in [-0.15, -0.1) is 0 Å². The number of nitrogen functional groups attached to an aromatic ring is 1. The number of nitrogens with zero attached hydrogens (tertiary/aromatic N) is 2. The monoisotopic (exact) mass is 265 g/mol. The van der Waals surface area contributed by atoms with Gasteiger partial charge in [0.1, 0.15) is 10.7 Å². The summed E-state index contributed by atoms with van der Waals surface area (Å²) in [7, 11) is 1.59. The fraction of sp³-hybridized carbons (Fsp3) is 0.167. The highest BCUT2D eigenvalue weighted by molar-refractivity contribution is 7.17. The summed E-state index contributed by atoms with van der Waals surface area (Å²) in [6, 6.07) is 5.86. The molecule has 1 aromatic heterocycles. The summed E-state index contributed by atoms with van der Waals surface area (Å²) in [6.07, 6.45) is 0. The number of thiazole rings is 1. The zero-order valence-electron chi connectivity index (χ0n) is 9.98. The topological polar surface area (TPSA) is 59.2 Å². The summed E-state index contributed by atoms with van der Waals surface area (Å²) < 4.78 is 13.1. The molecular weight excluding hydrogens is 253 g/mol. The Morgan fingerprint density at radius 1 is 1.50 bits per heavy atom. The van der Waals surface area contributed by atoms with Crippen molar-refractivity contribution in [2.75, 3.05) is 17.7 Å². The van der Waals surface area contributed by atoms with Gasteiger partial charge in [-0.05, 0) is 25.1 Å². The fourth-order valence-electron chi connectivity index (χ4n) is 1.57. The molecule has 0 spiro atoms. The lowest BCUT2D eigenvalue weighted by atomic mass is 10.2. The van der Waals surface area contributed by atoms with Gasteiger partial charge in [-0.1, -0.05) is 17.4 Å². The van der Waals surface area contributed by atoms with Crippen LogP contribution in [0.3, 0.4) is 0 Å². The van der Waals surface area contributed by atoms with Gasteiger partial charge in [-0.25, -0.2) is 9.37 Å². The highest BCUT2D eigenvalue weighted by atomic mass is 32.1. The largest absolute Gasteiger partial charge is 0.375 e. The lowest BCUT2D eigenvalue weighted by molar-refractivity contribution is 0.0996. The summed E-state index contributed by atoms with van der Waals surface area (Å²) in [4.78, 5) is 18.1. The van der Waals surface area contributed by atoms with Crippen LogP contribution in [0.1, 0.15) is 15.4 Å². The number of carbonyl (C=O) groups is 1. The van der Waals surface area contributed by atoms with Gasteiger partial charge in [-0.2, -0.15) is 0 Å². The molecule has 1 heterocycles. The first-order valence-corrected chi connectivity index (χ1v) is 6.07. The van der Waals surface area contributed by atoms with Gasteiger partial charge in [0, 0.05) is 12.7 Å². The second-order valence-electron chi connectivity index (χ2n) is 3.81. The van der Waals surface area contributed by atoms with E-state index in [1.54, 1.807) is 26.1 Å². The summed E-state index contributed by atoms with van der Waals surface area (Å²) in [5.74, 6) is -0.625. The Morgan fingerprint density at radius 3 is 2.78 bits per heavy atom. The van der Waals surface area contributed by atoms with Crippen molar-refractivity contribution in [1.29, 1.82) is 0 Å². The average molecular weight is 265 g/mol. The van der Waals surface area contributed by atoms with E-state index in [9.17, 15) is 9.18 Å². The van der Waals surface area contributed by atoms with Gasteiger partial charge in [0.25, 0.3) is 5.91 Å². The molecule has 0 atom stereocenters. The Balaban J connectivity index is 2.32. The molecule has 0 bridgehead atoms. The Hall–Kier alpha value is -1.95. The van der Waals surface area contributed by atoms with Crippen LogP contribution in [-0.4, -0.2) is 17.9 Å². The van der Waals surface area contributed by atoms with E-state index in [1.807, 2.05) is 0 Å². The Morgan fingerprint density at radius 2 is 2.22 bits per heavy atom. The number of aryl methyl sites for hydroxylation is 1. The maximum Gasteiger partial charge on any atom is 0.270 e. The SMILES string of the molecule is Cc1nc(N)sc1C(=O)N(C)c1cccc(F)c1. The van der Waals surface area contributed by atoms with E-state index >= 15 is 0 Å². The molecule has 0 unspecified atom stereocenters. The van der Waals surface area contributed by atoms with Crippen molar-refractivity contribution >= 4 is 28.1 Å². The second-order valence-corrected chi connectivity index (χ2v) is 4.84. The van der Waals surface area contributed by atoms with Crippen LogP contribution in [0.2, 0.25) is 0 Å². The Bertz CT molecular complexity index is 597. The summed E-state index contributed by atoms with van der Waals surface area (Å²) in [6.45, 7) is 1.72. The van der Waals surface area contributed by atoms with E-state index in [4.69, 9.17) is 5.73 Å². The van der Waals surface area contributed by atoms with E-state index in [-0.39, 0.29) is 11.7 Å². The number of hydrogen-bond donors (Lipinski definition) is 1. The zero-order chi connectivity index (χ0) is 13.3. The smallest absolute Gasteiger partial charge is 0.270 e. The predicted molar refractivity (Wildman–Crippen MR) is 70.4 cm³/mol. The van der Waals surface area contributed by atoms with Gasteiger partial charge in [-0.3, -0.25) is 4.79 Å². The van der Waals surface area contributed by atoms with Crippen molar-refractivity contribution in [3.63, 3.8) is 0 Å². The minimum absolute atomic E-state index is 0.243. The first-order valence-electron chi connectivity index (χ1n) is 5.25. The first kappa shape index (κ1) is 12.5. The second kappa shape index (κ2) is 4.73. The molecule has 0 aliphatic carbocycles. The lowest BCUT2D eigenvalue weighted by Gasteiger charge is -2.16. The van der Waals surface area contributed by atoms with Crippen molar-refractivity contribution in [2.45, 2.75) is 6.92 Å². The number of rotatable bonds is 2. The van der Waals surface area contributed by atoms with Crippen LogP contribution in [0.5, 0.6) is 0 Å². The van der Waals surface area contributed by atoms with E-state index in [0.717, 1.165) is 11.3 Å². The molecule has 0 fully saturated rings. The molecule has 2 aromatic rings. The molecule has 0 radical (unpaired) electrons. The molecule has 4 nitrogen and oxygen atoms in total. The van der Waals surface area contributed by atoms with Gasteiger partial charge < -0.3 is 10.6 Å². The zero-order valence-corrected chi connectivity index (χ0v) is 10.8. The number of hydrogen-bond acceptors (Lipinski definition) is 4. The molecule has 0 saturated carbocycles. The fourth-order valence-corrected chi connectivity index (χ4v) is 2.38. The highest BCUT2D eigenvalue weighted by Gasteiger charge is 2.19. The number of nitrogens with two attached hydrogens (primary N) is 1. The van der Waals surface area contributed by atoms with Crippen LogP contribution in [-0.2, 0) is 0 Å². The number of halogens is 1. The van der Waals surface area contributed by atoms with Crippen LogP contribution in [0, 0.1) is 12.7 Å². The molecule has 2 rings (SSSR count). The van der Waals surface area contributed by atoms with E-state index in [2.05, 4.69) is 4.98 Å². The van der Waals surface area contributed by atoms with Crippen LogP contribution in [0.25, 0.3) is 0 Å². The number of anilines is 2.